The van der Waals surface area contributed by atoms with Gasteiger partial charge in [-0.3, -0.25) is 9.79 Å². The molecule has 0 spiro atoms. The monoisotopic (exact) mass is 137 g/mol. The van der Waals surface area contributed by atoms with Crippen LogP contribution in [-0.2, 0) is 4.79 Å². The van der Waals surface area contributed by atoms with Crippen LogP contribution in [0.1, 0.15) is 26.2 Å². The topological polar surface area (TPSA) is 29.4 Å². The molecule has 1 aliphatic heterocycles. The van der Waals surface area contributed by atoms with Crippen molar-refractivity contribution in [3.8, 4) is 0 Å². The molecule has 1 aliphatic rings. The number of rotatable bonds is 0. The minimum atomic E-state index is 0.185. The summed E-state index contributed by atoms with van der Waals surface area (Å²) in [7, 11) is 0. The highest BCUT2D eigenvalue weighted by molar-refractivity contribution is 6.39. The van der Waals surface area contributed by atoms with Crippen LogP contribution in [0.3, 0.4) is 0 Å². The Morgan fingerprint density at radius 1 is 1.60 bits per heavy atom. The molecule has 0 saturated carbocycles. The lowest BCUT2D eigenvalue weighted by Crippen LogP contribution is -2.09. The zero-order valence-electron chi connectivity index (χ0n) is 6.13. The highest BCUT2D eigenvalue weighted by atomic mass is 16.1. The first-order valence-corrected chi connectivity index (χ1v) is 3.53. The Morgan fingerprint density at radius 2 is 2.40 bits per heavy atom. The van der Waals surface area contributed by atoms with Gasteiger partial charge in [0.05, 0.1) is 5.71 Å². The molecule has 2 nitrogen and oxygen atoms in total. The molecule has 0 N–H and O–H groups in total. The van der Waals surface area contributed by atoms with Gasteiger partial charge in [-0.1, -0.05) is 6.08 Å². The summed E-state index contributed by atoms with van der Waals surface area (Å²) in [5.41, 5.74) is 0.635. The predicted octanol–water partition coefficient (Wildman–Crippen LogP) is 1.71. The normalized spacial score (nSPS) is 22.9. The van der Waals surface area contributed by atoms with Gasteiger partial charge >= 0.3 is 0 Å². The molecule has 0 aromatic heterocycles. The standard InChI is InChI=1S/C8H11NO/c1-7-8(10)5-3-2-4-6-9-7/h4,6H,2-3,5H2,1H3/b6-4-,9-7?. The van der Waals surface area contributed by atoms with E-state index in [2.05, 4.69) is 4.99 Å². The number of ketones is 1. The average molecular weight is 137 g/mol. The van der Waals surface area contributed by atoms with Gasteiger partial charge in [-0.15, -0.1) is 0 Å². The van der Waals surface area contributed by atoms with Crippen LogP contribution in [0, 0.1) is 0 Å². The third-order valence-corrected chi connectivity index (χ3v) is 1.55. The maximum atomic E-state index is 11.0. The van der Waals surface area contributed by atoms with Crippen molar-refractivity contribution in [1.29, 1.82) is 0 Å². The minimum absolute atomic E-state index is 0.185. The zero-order valence-corrected chi connectivity index (χ0v) is 6.13. The summed E-state index contributed by atoms with van der Waals surface area (Å²) < 4.78 is 0. The van der Waals surface area contributed by atoms with Gasteiger partial charge in [0.25, 0.3) is 0 Å². The molecule has 10 heavy (non-hydrogen) atoms. The van der Waals surface area contributed by atoms with Gasteiger partial charge in [0.1, 0.15) is 0 Å². The van der Waals surface area contributed by atoms with Crippen LogP contribution < -0.4 is 0 Å². The van der Waals surface area contributed by atoms with Gasteiger partial charge in [-0.2, -0.15) is 0 Å². The van der Waals surface area contributed by atoms with Crippen LogP contribution in [0.25, 0.3) is 0 Å². The molecule has 1 heterocycles. The second-order valence-electron chi connectivity index (χ2n) is 2.41. The average Bonchev–Trinajstić information content (AvgIpc) is 1.92. The third-order valence-electron chi connectivity index (χ3n) is 1.55. The Balaban J connectivity index is 2.71. The zero-order chi connectivity index (χ0) is 7.40. The second-order valence-corrected chi connectivity index (χ2v) is 2.41. The summed E-state index contributed by atoms with van der Waals surface area (Å²) in [5, 5.41) is 0. The van der Waals surface area contributed by atoms with Gasteiger partial charge in [0.15, 0.2) is 5.78 Å². The van der Waals surface area contributed by atoms with Gasteiger partial charge in [-0.25, -0.2) is 0 Å². The van der Waals surface area contributed by atoms with Gasteiger partial charge in [0.2, 0.25) is 0 Å². The molecular formula is C8H11NO. The summed E-state index contributed by atoms with van der Waals surface area (Å²) in [5.74, 6) is 0.185. The molecule has 0 radical (unpaired) electrons. The number of hydrogen-bond donors (Lipinski definition) is 0. The first-order chi connectivity index (χ1) is 4.80. The molecule has 0 bridgehead atoms. The summed E-state index contributed by atoms with van der Waals surface area (Å²) in [6.45, 7) is 1.76. The van der Waals surface area contributed by atoms with Crippen molar-refractivity contribution < 1.29 is 4.79 Å². The van der Waals surface area contributed by atoms with E-state index < -0.39 is 0 Å². The highest BCUT2D eigenvalue weighted by Crippen LogP contribution is 2.02. The van der Waals surface area contributed by atoms with E-state index in [1.807, 2.05) is 6.08 Å². The predicted molar refractivity (Wildman–Crippen MR) is 41.1 cm³/mol. The van der Waals surface area contributed by atoms with E-state index in [0.717, 1.165) is 12.8 Å². The third kappa shape index (κ3) is 1.79. The number of aliphatic imine (C=N–C) groups is 1. The van der Waals surface area contributed by atoms with Crippen LogP contribution in [0.4, 0.5) is 0 Å². The molecule has 54 valence electrons. The molecule has 0 unspecified atom stereocenters. The van der Waals surface area contributed by atoms with Crippen LogP contribution in [0.15, 0.2) is 17.3 Å². The maximum absolute atomic E-state index is 11.0. The lowest BCUT2D eigenvalue weighted by Gasteiger charge is -1.99. The van der Waals surface area contributed by atoms with Crippen molar-refractivity contribution in [2.24, 2.45) is 4.99 Å². The number of carbonyl (C=O) groups is 1. The molecule has 0 aromatic carbocycles. The SMILES string of the molecule is CC1=N/C=C\CCCC1=O. The van der Waals surface area contributed by atoms with Crippen molar-refractivity contribution in [3.63, 3.8) is 0 Å². The fourth-order valence-corrected chi connectivity index (χ4v) is 0.872. The molecular weight excluding hydrogens is 126 g/mol. The minimum Gasteiger partial charge on any atom is -0.293 e. The number of nitrogens with zero attached hydrogens (tertiary/aromatic N) is 1. The van der Waals surface area contributed by atoms with E-state index in [4.69, 9.17) is 0 Å². The lowest BCUT2D eigenvalue weighted by atomic mass is 10.1. The Morgan fingerprint density at radius 3 is 3.20 bits per heavy atom. The fourth-order valence-electron chi connectivity index (χ4n) is 0.872. The Hall–Kier alpha value is -0.920. The molecule has 0 aromatic rings. The number of hydrogen-bond acceptors (Lipinski definition) is 2. The van der Waals surface area contributed by atoms with E-state index in [-0.39, 0.29) is 5.78 Å². The van der Waals surface area contributed by atoms with Crippen LogP contribution in [0.2, 0.25) is 0 Å². The lowest BCUT2D eigenvalue weighted by molar-refractivity contribution is -0.113. The molecule has 0 saturated heterocycles. The molecule has 0 atom stereocenters. The van der Waals surface area contributed by atoms with Gasteiger partial charge in [0, 0.05) is 12.6 Å². The van der Waals surface area contributed by atoms with Crippen LogP contribution in [-0.4, -0.2) is 11.5 Å². The van der Waals surface area contributed by atoms with E-state index in [1.165, 1.54) is 0 Å². The Kier molecular flexibility index (Phi) is 2.37. The summed E-state index contributed by atoms with van der Waals surface area (Å²) in [6, 6.07) is 0. The number of allylic oxidation sites excluding steroid dienone is 1. The van der Waals surface area contributed by atoms with Crippen LogP contribution >= 0.6 is 0 Å². The first kappa shape index (κ1) is 7.19. The second kappa shape index (κ2) is 3.30. The first-order valence-electron chi connectivity index (χ1n) is 3.53. The Bertz CT molecular complexity index is 191. The van der Waals surface area contributed by atoms with E-state index in [0.29, 0.717) is 12.1 Å². The van der Waals surface area contributed by atoms with E-state index in [9.17, 15) is 4.79 Å². The fraction of sp³-hybridized carbons (Fsp3) is 0.500. The van der Waals surface area contributed by atoms with Crippen LogP contribution in [0.5, 0.6) is 0 Å². The van der Waals surface area contributed by atoms with Crippen molar-refractivity contribution in [2.75, 3.05) is 0 Å². The Labute approximate surface area is 60.7 Å². The van der Waals surface area contributed by atoms with Gasteiger partial charge < -0.3 is 0 Å². The van der Waals surface area contributed by atoms with E-state index >= 15 is 0 Å². The summed E-state index contributed by atoms with van der Waals surface area (Å²) in [6.07, 6.45) is 6.30. The van der Waals surface area contributed by atoms with Gasteiger partial charge in [-0.05, 0) is 19.8 Å². The van der Waals surface area contributed by atoms with Crippen molar-refractivity contribution >= 4 is 11.5 Å². The van der Waals surface area contributed by atoms with E-state index in [1.54, 1.807) is 13.1 Å². The van der Waals surface area contributed by atoms with Crippen molar-refractivity contribution in [2.45, 2.75) is 26.2 Å². The molecule has 2 heteroatoms. The molecule has 0 aliphatic carbocycles. The molecule has 0 amide bonds. The molecule has 1 rings (SSSR count). The number of carbonyl (C=O) groups excluding carboxylic acids is 1. The van der Waals surface area contributed by atoms with Crippen molar-refractivity contribution in [1.82, 2.24) is 0 Å². The molecule has 0 fully saturated rings. The smallest absolute Gasteiger partial charge is 0.176 e. The maximum Gasteiger partial charge on any atom is 0.176 e. The largest absolute Gasteiger partial charge is 0.293 e. The highest BCUT2D eigenvalue weighted by Gasteiger charge is 2.05. The number of Topliss-reactive ketones (excluding diaryl/α,β-unsaturated/α-hetero) is 1. The summed E-state index contributed by atoms with van der Waals surface area (Å²) in [4.78, 5) is 15.0. The van der Waals surface area contributed by atoms with Crippen molar-refractivity contribution in [3.05, 3.63) is 12.3 Å². The summed E-state index contributed by atoms with van der Waals surface area (Å²) >= 11 is 0. The quantitative estimate of drug-likeness (QED) is 0.499.